The second kappa shape index (κ2) is 8.18. The fourth-order valence-corrected chi connectivity index (χ4v) is 5.14. The Kier molecular flexibility index (Phi) is 5.60. The summed E-state index contributed by atoms with van der Waals surface area (Å²) in [5.41, 5.74) is 0.208. The van der Waals surface area contributed by atoms with Crippen LogP contribution < -0.4 is 11.2 Å². The van der Waals surface area contributed by atoms with Crippen LogP contribution >= 0.6 is 11.3 Å². The number of amides is 1. The second-order valence-electron chi connectivity index (χ2n) is 8.27. The van der Waals surface area contributed by atoms with E-state index in [9.17, 15) is 18.8 Å². The third-order valence-electron chi connectivity index (χ3n) is 5.61. The van der Waals surface area contributed by atoms with Crippen molar-refractivity contribution in [3.8, 4) is 0 Å². The molecule has 0 saturated carbocycles. The molecule has 0 N–H and O–H groups in total. The molecule has 1 amide bonds. The molecule has 30 heavy (non-hydrogen) atoms. The first-order valence-electron chi connectivity index (χ1n) is 10.1. The molecule has 1 aromatic carbocycles. The minimum absolute atomic E-state index is 0.0256. The van der Waals surface area contributed by atoms with Crippen LogP contribution in [0.3, 0.4) is 0 Å². The highest BCUT2D eigenvalue weighted by molar-refractivity contribution is 7.17. The highest BCUT2D eigenvalue weighted by Gasteiger charge is 2.26. The van der Waals surface area contributed by atoms with Gasteiger partial charge in [0.2, 0.25) is 5.91 Å². The van der Waals surface area contributed by atoms with Crippen LogP contribution in [0.4, 0.5) is 4.39 Å². The van der Waals surface area contributed by atoms with Crippen molar-refractivity contribution in [2.75, 3.05) is 13.1 Å². The molecule has 0 radical (unpaired) electrons. The van der Waals surface area contributed by atoms with Gasteiger partial charge in [-0.05, 0) is 47.4 Å². The number of nitrogens with zero attached hydrogens (tertiary/aromatic N) is 3. The topological polar surface area (TPSA) is 64.3 Å². The van der Waals surface area contributed by atoms with Crippen LogP contribution in [-0.2, 0) is 17.9 Å². The maximum Gasteiger partial charge on any atom is 0.332 e. The molecule has 0 bridgehead atoms. The van der Waals surface area contributed by atoms with E-state index in [1.807, 2.05) is 4.90 Å². The largest absolute Gasteiger partial charge is 0.341 e. The SMILES string of the molecule is C[C@@H]1C[C@H](C)CN(C(=O)Cn2c(=O)n(Cc3ccc(F)cc3)c(=O)c3sccc32)C1. The van der Waals surface area contributed by atoms with Gasteiger partial charge in [-0.2, -0.15) is 0 Å². The first-order chi connectivity index (χ1) is 14.3. The molecule has 1 fully saturated rings. The molecule has 1 aliphatic heterocycles. The standard InChI is InChI=1S/C22H24FN3O3S/c1-14-9-15(2)11-24(10-14)19(27)13-25-18-7-8-30-20(18)21(28)26(22(25)29)12-16-3-5-17(23)6-4-16/h3-8,14-15H,9-13H2,1-2H3/t14-,15+. The number of carbonyl (C=O) groups is 1. The summed E-state index contributed by atoms with van der Waals surface area (Å²) in [6.07, 6.45) is 1.08. The van der Waals surface area contributed by atoms with Crippen molar-refractivity contribution in [3.05, 3.63) is 67.9 Å². The molecule has 3 aromatic rings. The molecule has 1 saturated heterocycles. The predicted octanol–water partition coefficient (Wildman–Crippen LogP) is 2.92. The molecule has 2 atom stereocenters. The Balaban J connectivity index is 1.71. The van der Waals surface area contributed by atoms with Crippen molar-refractivity contribution in [1.29, 1.82) is 0 Å². The van der Waals surface area contributed by atoms with Crippen molar-refractivity contribution < 1.29 is 9.18 Å². The number of aromatic nitrogens is 2. The van der Waals surface area contributed by atoms with E-state index in [0.29, 0.717) is 40.7 Å². The van der Waals surface area contributed by atoms with Gasteiger partial charge in [0.05, 0.1) is 12.1 Å². The zero-order valence-corrected chi connectivity index (χ0v) is 17.8. The third kappa shape index (κ3) is 3.96. The van der Waals surface area contributed by atoms with Gasteiger partial charge in [-0.25, -0.2) is 9.18 Å². The van der Waals surface area contributed by atoms with Crippen molar-refractivity contribution in [3.63, 3.8) is 0 Å². The molecule has 3 heterocycles. The maximum atomic E-state index is 13.2. The van der Waals surface area contributed by atoms with Crippen LogP contribution in [0, 0.1) is 17.7 Å². The Morgan fingerprint density at radius 2 is 1.73 bits per heavy atom. The second-order valence-corrected chi connectivity index (χ2v) is 9.18. The van der Waals surface area contributed by atoms with Crippen LogP contribution in [0.5, 0.6) is 0 Å². The summed E-state index contributed by atoms with van der Waals surface area (Å²) >= 11 is 1.25. The number of thiophene rings is 1. The van der Waals surface area contributed by atoms with E-state index in [2.05, 4.69) is 13.8 Å². The van der Waals surface area contributed by atoms with E-state index in [-0.39, 0.29) is 24.8 Å². The van der Waals surface area contributed by atoms with E-state index < -0.39 is 11.2 Å². The normalized spacial score (nSPS) is 19.4. The van der Waals surface area contributed by atoms with Crippen LogP contribution in [-0.4, -0.2) is 33.0 Å². The number of halogens is 1. The minimum atomic E-state index is -0.526. The number of hydrogen-bond donors (Lipinski definition) is 0. The molecular formula is C22H24FN3O3S. The summed E-state index contributed by atoms with van der Waals surface area (Å²) in [7, 11) is 0. The third-order valence-corrected chi connectivity index (χ3v) is 6.50. The maximum absolute atomic E-state index is 13.2. The van der Waals surface area contributed by atoms with Gasteiger partial charge in [-0.15, -0.1) is 11.3 Å². The predicted molar refractivity (Wildman–Crippen MR) is 115 cm³/mol. The molecule has 6 nitrogen and oxygen atoms in total. The van der Waals surface area contributed by atoms with E-state index in [4.69, 9.17) is 0 Å². The Hall–Kier alpha value is -2.74. The zero-order valence-electron chi connectivity index (χ0n) is 17.0. The summed E-state index contributed by atoms with van der Waals surface area (Å²) in [6.45, 7) is 5.54. The monoisotopic (exact) mass is 429 g/mol. The summed E-state index contributed by atoms with van der Waals surface area (Å²) < 4.78 is 16.2. The average Bonchev–Trinajstić information content (AvgIpc) is 3.19. The fourth-order valence-electron chi connectivity index (χ4n) is 4.30. The van der Waals surface area contributed by atoms with E-state index in [1.165, 1.54) is 28.0 Å². The number of hydrogen-bond acceptors (Lipinski definition) is 4. The van der Waals surface area contributed by atoms with Crippen LogP contribution in [0.25, 0.3) is 10.2 Å². The van der Waals surface area contributed by atoms with Gasteiger partial charge in [0.25, 0.3) is 5.56 Å². The van der Waals surface area contributed by atoms with E-state index >= 15 is 0 Å². The Morgan fingerprint density at radius 3 is 2.40 bits per heavy atom. The van der Waals surface area contributed by atoms with Gasteiger partial charge in [0.15, 0.2) is 0 Å². The van der Waals surface area contributed by atoms with Gasteiger partial charge in [-0.3, -0.25) is 18.7 Å². The quantitative estimate of drug-likeness (QED) is 0.641. The molecular weight excluding hydrogens is 405 g/mol. The van der Waals surface area contributed by atoms with Crippen molar-refractivity contribution in [2.45, 2.75) is 33.4 Å². The number of piperidine rings is 1. The van der Waals surface area contributed by atoms with Crippen LogP contribution in [0.2, 0.25) is 0 Å². The highest BCUT2D eigenvalue weighted by atomic mass is 32.1. The highest BCUT2D eigenvalue weighted by Crippen LogP contribution is 2.22. The molecule has 0 aliphatic carbocycles. The van der Waals surface area contributed by atoms with Crippen molar-refractivity contribution >= 4 is 27.5 Å². The lowest BCUT2D eigenvalue weighted by Crippen LogP contribution is -2.47. The lowest BCUT2D eigenvalue weighted by Gasteiger charge is -2.35. The van der Waals surface area contributed by atoms with Gasteiger partial charge in [0, 0.05) is 13.1 Å². The van der Waals surface area contributed by atoms with E-state index in [1.54, 1.807) is 23.6 Å². The average molecular weight is 430 g/mol. The summed E-state index contributed by atoms with van der Waals surface area (Å²) in [5.74, 6) is 0.341. The molecule has 158 valence electrons. The first-order valence-corrected chi connectivity index (χ1v) is 10.9. The molecule has 2 aromatic heterocycles. The summed E-state index contributed by atoms with van der Waals surface area (Å²) in [5, 5.41) is 1.75. The van der Waals surface area contributed by atoms with Gasteiger partial charge < -0.3 is 4.90 Å². The zero-order chi connectivity index (χ0) is 21.4. The number of carbonyl (C=O) groups excluding carboxylic acids is 1. The lowest BCUT2D eigenvalue weighted by molar-refractivity contribution is -0.134. The summed E-state index contributed by atoms with van der Waals surface area (Å²) in [4.78, 5) is 40.9. The van der Waals surface area contributed by atoms with Crippen molar-refractivity contribution in [2.24, 2.45) is 11.8 Å². The molecule has 0 unspecified atom stereocenters. The fraction of sp³-hybridized carbons (Fsp3) is 0.409. The number of benzene rings is 1. The minimum Gasteiger partial charge on any atom is -0.341 e. The molecule has 0 spiro atoms. The molecule has 8 heteroatoms. The molecule has 1 aliphatic rings. The number of rotatable bonds is 4. The van der Waals surface area contributed by atoms with Gasteiger partial charge in [-0.1, -0.05) is 26.0 Å². The smallest absolute Gasteiger partial charge is 0.332 e. The van der Waals surface area contributed by atoms with E-state index in [0.717, 1.165) is 11.0 Å². The Labute approximate surface area is 177 Å². The van der Waals surface area contributed by atoms with Gasteiger partial charge in [0.1, 0.15) is 17.1 Å². The first kappa shape index (κ1) is 20.5. The lowest BCUT2D eigenvalue weighted by atomic mass is 9.92. The molecule has 4 rings (SSSR count). The number of likely N-dealkylation sites (tertiary alicyclic amines) is 1. The number of fused-ring (bicyclic) bond motifs is 1. The van der Waals surface area contributed by atoms with Crippen LogP contribution in [0.15, 0.2) is 45.3 Å². The Morgan fingerprint density at radius 1 is 1.07 bits per heavy atom. The summed E-state index contributed by atoms with van der Waals surface area (Å²) in [6, 6.07) is 7.40. The van der Waals surface area contributed by atoms with Gasteiger partial charge >= 0.3 is 5.69 Å². The van der Waals surface area contributed by atoms with Crippen molar-refractivity contribution in [1.82, 2.24) is 14.0 Å². The Bertz CT molecular complexity index is 1190. The van der Waals surface area contributed by atoms with Crippen LogP contribution in [0.1, 0.15) is 25.8 Å².